The highest BCUT2D eigenvalue weighted by Crippen LogP contribution is 2.28. The molecule has 18 heavy (non-hydrogen) atoms. The van der Waals surface area contributed by atoms with Crippen LogP contribution < -0.4 is 5.32 Å². The number of hydrogen-bond donors (Lipinski definition) is 1. The molecule has 1 aliphatic rings. The maximum atomic E-state index is 4.43. The van der Waals surface area contributed by atoms with Crippen LogP contribution in [0.25, 0.3) is 0 Å². The Labute approximate surface area is 108 Å². The van der Waals surface area contributed by atoms with E-state index in [4.69, 9.17) is 0 Å². The van der Waals surface area contributed by atoms with E-state index in [9.17, 15) is 0 Å². The van der Waals surface area contributed by atoms with Gasteiger partial charge in [0, 0.05) is 12.6 Å². The summed E-state index contributed by atoms with van der Waals surface area (Å²) in [5.41, 5.74) is 2.79. The second-order valence-electron chi connectivity index (χ2n) is 4.88. The molecule has 0 amide bonds. The third kappa shape index (κ3) is 2.01. The molecule has 0 spiro atoms. The van der Waals surface area contributed by atoms with Crippen molar-refractivity contribution in [1.29, 1.82) is 0 Å². The molecule has 1 aromatic heterocycles. The number of aromatic nitrogens is 2. The van der Waals surface area contributed by atoms with Crippen LogP contribution in [0.3, 0.4) is 0 Å². The summed E-state index contributed by atoms with van der Waals surface area (Å²) in [7, 11) is 0. The second-order valence-corrected chi connectivity index (χ2v) is 4.88. The predicted octanol–water partition coefficient (Wildman–Crippen LogP) is 3.24. The van der Waals surface area contributed by atoms with Crippen molar-refractivity contribution in [2.75, 3.05) is 11.9 Å². The summed E-state index contributed by atoms with van der Waals surface area (Å²) in [5.74, 6) is 1.13. The maximum absolute atomic E-state index is 4.43. The van der Waals surface area contributed by atoms with Gasteiger partial charge in [-0.25, -0.2) is 4.68 Å². The Balaban J connectivity index is 1.88. The van der Waals surface area contributed by atoms with Crippen LogP contribution in [0.2, 0.25) is 0 Å². The van der Waals surface area contributed by atoms with Crippen molar-refractivity contribution in [3.8, 4) is 0 Å². The highest BCUT2D eigenvalue weighted by molar-refractivity contribution is 5.39. The Morgan fingerprint density at radius 2 is 2.11 bits per heavy atom. The third-order valence-corrected chi connectivity index (χ3v) is 3.59. The van der Waals surface area contributed by atoms with Crippen LogP contribution in [0.15, 0.2) is 36.5 Å². The van der Waals surface area contributed by atoms with E-state index in [1.807, 2.05) is 12.3 Å². The first kappa shape index (κ1) is 11.3. The van der Waals surface area contributed by atoms with Crippen LogP contribution in [0, 0.1) is 0 Å². The molecule has 0 bridgehead atoms. The zero-order valence-electron chi connectivity index (χ0n) is 10.8. The van der Waals surface area contributed by atoms with Gasteiger partial charge in [-0.2, -0.15) is 5.10 Å². The van der Waals surface area contributed by atoms with E-state index in [1.54, 1.807) is 0 Å². The second kappa shape index (κ2) is 4.84. The normalized spacial score (nSPS) is 18.2. The largest absolute Gasteiger partial charge is 0.370 e. The van der Waals surface area contributed by atoms with Crippen molar-refractivity contribution in [3.63, 3.8) is 0 Å². The van der Waals surface area contributed by atoms with Crippen molar-refractivity contribution in [2.24, 2.45) is 0 Å². The van der Waals surface area contributed by atoms with Crippen LogP contribution in [0.4, 0.5) is 5.82 Å². The van der Waals surface area contributed by atoms with Gasteiger partial charge in [0.15, 0.2) is 0 Å². The van der Waals surface area contributed by atoms with Gasteiger partial charge >= 0.3 is 0 Å². The lowest BCUT2D eigenvalue weighted by atomic mass is 10.00. The van der Waals surface area contributed by atoms with E-state index >= 15 is 0 Å². The van der Waals surface area contributed by atoms with Crippen molar-refractivity contribution in [2.45, 2.75) is 32.2 Å². The summed E-state index contributed by atoms with van der Waals surface area (Å²) in [6.45, 7) is 3.24. The fraction of sp³-hybridized carbons (Fsp3) is 0.400. The first-order valence-corrected chi connectivity index (χ1v) is 6.74. The molecule has 1 aromatic carbocycles. The van der Waals surface area contributed by atoms with Gasteiger partial charge in [0.25, 0.3) is 0 Å². The zero-order chi connectivity index (χ0) is 12.4. The number of rotatable bonds is 3. The molecule has 0 saturated heterocycles. The van der Waals surface area contributed by atoms with Gasteiger partial charge in [-0.3, -0.25) is 0 Å². The van der Waals surface area contributed by atoms with Gasteiger partial charge in [-0.15, -0.1) is 0 Å². The summed E-state index contributed by atoms with van der Waals surface area (Å²) in [4.78, 5) is 0. The molecule has 3 heteroatoms. The number of nitrogens with one attached hydrogen (secondary N) is 1. The van der Waals surface area contributed by atoms with Crippen molar-refractivity contribution in [3.05, 3.63) is 47.7 Å². The molecule has 3 nitrogen and oxygen atoms in total. The number of fused-ring (bicyclic) bond motifs is 1. The molecule has 94 valence electrons. The lowest BCUT2D eigenvalue weighted by molar-refractivity contribution is 0.482. The first-order chi connectivity index (χ1) is 8.88. The summed E-state index contributed by atoms with van der Waals surface area (Å²) < 4.78 is 2.10. The smallest absolute Gasteiger partial charge is 0.124 e. The summed E-state index contributed by atoms with van der Waals surface area (Å²) in [6.07, 6.45) is 5.34. The molecule has 0 fully saturated rings. The standard InChI is InChI=1S/C15H19N3/c1-2-3-12-4-6-13(7-5-12)14-8-10-16-15-9-11-17-18(14)15/h4-7,9,11,14,16H,2-3,8,10H2,1H3. The number of benzene rings is 1. The van der Waals surface area contributed by atoms with Crippen LogP contribution in [-0.4, -0.2) is 16.3 Å². The first-order valence-electron chi connectivity index (χ1n) is 6.74. The fourth-order valence-corrected chi connectivity index (χ4v) is 2.66. The predicted molar refractivity (Wildman–Crippen MR) is 73.9 cm³/mol. The maximum Gasteiger partial charge on any atom is 0.124 e. The SMILES string of the molecule is CCCc1ccc(C2CCNc3ccnn32)cc1. The van der Waals surface area contributed by atoms with Gasteiger partial charge in [0.2, 0.25) is 0 Å². The van der Waals surface area contributed by atoms with Crippen LogP contribution >= 0.6 is 0 Å². The van der Waals surface area contributed by atoms with Crippen LogP contribution in [0.5, 0.6) is 0 Å². The minimum atomic E-state index is 0.381. The molecule has 1 aliphatic heterocycles. The van der Waals surface area contributed by atoms with E-state index in [0.29, 0.717) is 6.04 Å². The monoisotopic (exact) mass is 241 g/mol. The summed E-state index contributed by atoms with van der Waals surface area (Å²) in [6, 6.07) is 11.4. The van der Waals surface area contributed by atoms with E-state index in [2.05, 4.69) is 46.3 Å². The van der Waals surface area contributed by atoms with Crippen LogP contribution in [0.1, 0.15) is 36.9 Å². The molecule has 3 rings (SSSR count). The van der Waals surface area contributed by atoms with Gasteiger partial charge in [-0.05, 0) is 24.0 Å². The molecule has 0 radical (unpaired) electrons. The molecule has 2 heterocycles. The highest BCUT2D eigenvalue weighted by Gasteiger charge is 2.20. The third-order valence-electron chi connectivity index (χ3n) is 3.59. The average Bonchev–Trinajstić information content (AvgIpc) is 2.88. The average molecular weight is 241 g/mol. The van der Waals surface area contributed by atoms with Gasteiger partial charge in [0.1, 0.15) is 5.82 Å². The van der Waals surface area contributed by atoms with E-state index in [0.717, 1.165) is 18.8 Å². The van der Waals surface area contributed by atoms with E-state index in [1.165, 1.54) is 24.0 Å². The lowest BCUT2D eigenvalue weighted by Gasteiger charge is -2.26. The minimum Gasteiger partial charge on any atom is -0.370 e. The molecule has 1 unspecified atom stereocenters. The molecular formula is C15H19N3. The van der Waals surface area contributed by atoms with Crippen LogP contribution in [-0.2, 0) is 6.42 Å². The summed E-state index contributed by atoms with van der Waals surface area (Å²) in [5, 5.41) is 7.80. The molecule has 0 aliphatic carbocycles. The van der Waals surface area contributed by atoms with Gasteiger partial charge in [-0.1, -0.05) is 37.6 Å². The minimum absolute atomic E-state index is 0.381. The van der Waals surface area contributed by atoms with E-state index < -0.39 is 0 Å². The molecule has 1 atom stereocenters. The van der Waals surface area contributed by atoms with E-state index in [-0.39, 0.29) is 0 Å². The zero-order valence-corrected chi connectivity index (χ0v) is 10.8. The quantitative estimate of drug-likeness (QED) is 0.894. The number of anilines is 1. The van der Waals surface area contributed by atoms with Gasteiger partial charge in [0.05, 0.1) is 12.2 Å². The molecule has 0 saturated carbocycles. The van der Waals surface area contributed by atoms with Gasteiger partial charge < -0.3 is 5.32 Å². The van der Waals surface area contributed by atoms with Crippen molar-refractivity contribution >= 4 is 5.82 Å². The van der Waals surface area contributed by atoms with Crippen molar-refractivity contribution < 1.29 is 0 Å². The topological polar surface area (TPSA) is 29.9 Å². The number of aryl methyl sites for hydroxylation is 1. The highest BCUT2D eigenvalue weighted by atomic mass is 15.4. The number of hydrogen-bond acceptors (Lipinski definition) is 2. The Kier molecular flexibility index (Phi) is 3.05. The Bertz CT molecular complexity index is 513. The lowest BCUT2D eigenvalue weighted by Crippen LogP contribution is -2.24. The fourth-order valence-electron chi connectivity index (χ4n) is 2.66. The Morgan fingerprint density at radius 1 is 1.28 bits per heavy atom. The molecule has 1 N–H and O–H groups in total. The Morgan fingerprint density at radius 3 is 2.89 bits per heavy atom. The Hall–Kier alpha value is -1.77. The van der Waals surface area contributed by atoms with Crippen molar-refractivity contribution in [1.82, 2.24) is 9.78 Å². The summed E-state index contributed by atoms with van der Waals surface area (Å²) >= 11 is 0. The number of nitrogens with zero attached hydrogens (tertiary/aromatic N) is 2. The molecular weight excluding hydrogens is 222 g/mol. The molecule has 2 aromatic rings.